The molecule has 0 bridgehead atoms. The van der Waals surface area contributed by atoms with Gasteiger partial charge in [0.25, 0.3) is 0 Å². The molecule has 0 unspecified atom stereocenters. The summed E-state index contributed by atoms with van der Waals surface area (Å²) < 4.78 is 0. The minimum Gasteiger partial charge on any atom is -0.290 e. The second-order valence-electron chi connectivity index (χ2n) is 11.9. The van der Waals surface area contributed by atoms with Crippen molar-refractivity contribution in [1.82, 2.24) is 0 Å². The molecule has 0 N–H and O–H groups in total. The summed E-state index contributed by atoms with van der Waals surface area (Å²) in [7, 11) is -2.94. The maximum Gasteiger partial charge on any atom is 0.373 e. The molecule has 0 aliphatic heterocycles. The van der Waals surface area contributed by atoms with Crippen LogP contribution in [0.15, 0.2) is 48.5 Å². The van der Waals surface area contributed by atoms with Crippen LogP contribution in [-0.4, -0.2) is 34.4 Å². The number of unbranched alkanes of at least 4 members (excludes halogenated alkanes) is 6. The Morgan fingerprint density at radius 3 is 1.34 bits per heavy atom. The lowest BCUT2D eigenvalue weighted by Gasteiger charge is -2.17. The summed E-state index contributed by atoms with van der Waals surface area (Å²) >= 11 is 0. The molecule has 0 spiro atoms. The molecule has 0 aliphatic carbocycles. The fraction of sp³-hybridized carbons (Fsp3) is 0.533. The second-order valence-corrected chi connectivity index (χ2v) is 22.1. The van der Waals surface area contributed by atoms with Crippen LogP contribution in [0.1, 0.15) is 79.0 Å². The van der Waals surface area contributed by atoms with Gasteiger partial charge in [-0.15, -0.1) is 9.78 Å². The Hall–Kier alpha value is -2.27. The first-order valence-corrected chi connectivity index (χ1v) is 20.9. The molecule has 6 nitrogen and oxygen atoms in total. The Balaban J connectivity index is 1.94. The van der Waals surface area contributed by atoms with E-state index in [9.17, 15) is 9.59 Å². The van der Waals surface area contributed by atoms with Gasteiger partial charge in [-0.3, -0.25) is 9.78 Å². The molecule has 0 aromatic heterocycles. The summed E-state index contributed by atoms with van der Waals surface area (Å²) in [6.07, 6.45) is 7.19. The standard InChI is InChI=1S/C30H46O6Si2/c1-8-9-10-11-12-13-14-15-28(33-35-29(31)24-16-20-26(21-17-24)37(2,3)4)34-36-30(32)25-18-22-27(23-19-25)38(5,6)7/h16-23,28H,8-15H2,1-7H3. The topological polar surface area (TPSA) is 71.1 Å². The van der Waals surface area contributed by atoms with E-state index in [4.69, 9.17) is 19.6 Å². The summed E-state index contributed by atoms with van der Waals surface area (Å²) in [6, 6.07) is 14.8. The molecule has 0 amide bonds. The van der Waals surface area contributed by atoms with Crippen LogP contribution in [0.5, 0.6) is 0 Å². The highest BCUT2D eigenvalue weighted by molar-refractivity contribution is 6.89. The normalized spacial score (nSPS) is 12.0. The Bertz CT molecular complexity index is 918. The Morgan fingerprint density at radius 2 is 0.974 bits per heavy atom. The van der Waals surface area contributed by atoms with Crippen LogP contribution in [0.2, 0.25) is 39.3 Å². The van der Waals surface area contributed by atoms with Crippen molar-refractivity contribution in [2.75, 3.05) is 0 Å². The molecule has 0 aliphatic rings. The van der Waals surface area contributed by atoms with Crippen LogP contribution >= 0.6 is 0 Å². The van der Waals surface area contributed by atoms with Crippen molar-refractivity contribution in [1.29, 1.82) is 0 Å². The summed E-state index contributed by atoms with van der Waals surface area (Å²) in [5, 5.41) is 2.50. The molecule has 0 saturated carbocycles. The molecule has 0 radical (unpaired) electrons. The molecule has 0 heterocycles. The summed E-state index contributed by atoms with van der Waals surface area (Å²) in [5.41, 5.74) is 0.780. The number of carbonyl (C=O) groups excluding carboxylic acids is 2. The van der Waals surface area contributed by atoms with Gasteiger partial charge < -0.3 is 0 Å². The lowest BCUT2D eigenvalue weighted by Crippen LogP contribution is -2.37. The molecule has 38 heavy (non-hydrogen) atoms. The van der Waals surface area contributed by atoms with Crippen molar-refractivity contribution in [3.05, 3.63) is 59.7 Å². The lowest BCUT2D eigenvalue weighted by molar-refractivity contribution is -0.421. The van der Waals surface area contributed by atoms with E-state index in [0.29, 0.717) is 17.5 Å². The van der Waals surface area contributed by atoms with Crippen LogP contribution in [-0.2, 0) is 19.6 Å². The first-order valence-electron chi connectivity index (χ1n) is 13.9. The van der Waals surface area contributed by atoms with E-state index in [2.05, 4.69) is 46.2 Å². The molecule has 2 aromatic rings. The van der Waals surface area contributed by atoms with Gasteiger partial charge in [0, 0.05) is 6.42 Å². The number of benzene rings is 2. The lowest BCUT2D eigenvalue weighted by atomic mass is 10.1. The predicted molar refractivity (Wildman–Crippen MR) is 158 cm³/mol. The first kappa shape index (κ1) is 31.9. The quantitative estimate of drug-likeness (QED) is 0.0718. The van der Waals surface area contributed by atoms with Gasteiger partial charge in [0.05, 0.1) is 27.3 Å². The van der Waals surface area contributed by atoms with Crippen molar-refractivity contribution in [3.63, 3.8) is 0 Å². The molecule has 0 saturated heterocycles. The van der Waals surface area contributed by atoms with Crippen molar-refractivity contribution in [2.45, 2.75) is 104 Å². The monoisotopic (exact) mass is 558 g/mol. The maximum absolute atomic E-state index is 12.6. The smallest absolute Gasteiger partial charge is 0.290 e. The van der Waals surface area contributed by atoms with Crippen LogP contribution in [0.4, 0.5) is 0 Å². The molecule has 2 aromatic carbocycles. The molecular formula is C30H46O6Si2. The van der Waals surface area contributed by atoms with Crippen LogP contribution in [0, 0.1) is 0 Å². The van der Waals surface area contributed by atoms with Gasteiger partial charge in [-0.25, -0.2) is 9.59 Å². The van der Waals surface area contributed by atoms with Crippen LogP contribution in [0.3, 0.4) is 0 Å². The van der Waals surface area contributed by atoms with E-state index >= 15 is 0 Å². The summed E-state index contributed by atoms with van der Waals surface area (Å²) in [5.74, 6) is -1.23. The first-order chi connectivity index (χ1) is 17.9. The number of hydrogen-bond acceptors (Lipinski definition) is 6. The third-order valence-electron chi connectivity index (χ3n) is 6.48. The number of rotatable bonds is 16. The van der Waals surface area contributed by atoms with Crippen LogP contribution < -0.4 is 10.4 Å². The summed E-state index contributed by atoms with van der Waals surface area (Å²) in [6.45, 7) is 15.7. The minimum absolute atomic E-state index is 0.390. The number of carbonyl (C=O) groups is 2. The average molecular weight is 559 g/mol. The fourth-order valence-corrected chi connectivity index (χ4v) is 6.22. The van der Waals surface area contributed by atoms with Gasteiger partial charge in [0.15, 0.2) is 0 Å². The zero-order chi connectivity index (χ0) is 28.2. The molecule has 0 fully saturated rings. The van der Waals surface area contributed by atoms with Gasteiger partial charge in [-0.2, -0.15) is 0 Å². The van der Waals surface area contributed by atoms with Crippen molar-refractivity contribution >= 4 is 38.5 Å². The largest absolute Gasteiger partial charge is 0.373 e. The van der Waals surface area contributed by atoms with E-state index < -0.39 is 34.4 Å². The van der Waals surface area contributed by atoms with Gasteiger partial charge in [0.2, 0.25) is 6.29 Å². The van der Waals surface area contributed by atoms with Gasteiger partial charge in [0.1, 0.15) is 0 Å². The van der Waals surface area contributed by atoms with Gasteiger partial charge >= 0.3 is 11.9 Å². The second kappa shape index (κ2) is 15.4. The molecular weight excluding hydrogens is 512 g/mol. The van der Waals surface area contributed by atoms with Crippen molar-refractivity contribution < 1.29 is 29.1 Å². The Kier molecular flexibility index (Phi) is 12.9. The van der Waals surface area contributed by atoms with E-state index in [1.165, 1.54) is 36.1 Å². The highest BCUT2D eigenvalue weighted by Crippen LogP contribution is 2.15. The SMILES string of the molecule is CCCCCCCCCC(OOC(=O)c1ccc([Si](C)(C)C)cc1)OOC(=O)c1ccc([Si](C)(C)C)cc1. The fourth-order valence-electron chi connectivity index (χ4n) is 3.88. The maximum atomic E-state index is 12.6. The third-order valence-corrected chi connectivity index (χ3v) is 10.6. The zero-order valence-electron chi connectivity index (χ0n) is 24.3. The molecule has 210 valence electrons. The highest BCUT2D eigenvalue weighted by Gasteiger charge is 2.22. The van der Waals surface area contributed by atoms with E-state index in [-0.39, 0.29) is 0 Å². The van der Waals surface area contributed by atoms with Crippen LogP contribution in [0.25, 0.3) is 0 Å². The zero-order valence-corrected chi connectivity index (χ0v) is 26.3. The highest BCUT2D eigenvalue weighted by atomic mass is 28.3. The predicted octanol–water partition coefficient (Wildman–Crippen LogP) is 7.12. The molecule has 8 heteroatoms. The average Bonchev–Trinajstić information content (AvgIpc) is 2.88. The van der Waals surface area contributed by atoms with Gasteiger partial charge in [-0.1, -0.05) is 119 Å². The molecule has 2 rings (SSSR count). The van der Waals surface area contributed by atoms with E-state index in [1.54, 1.807) is 24.3 Å². The minimum atomic E-state index is -1.47. The Labute approximate surface area is 230 Å². The Morgan fingerprint density at radius 1 is 0.605 bits per heavy atom. The van der Waals surface area contributed by atoms with Crippen molar-refractivity contribution in [3.8, 4) is 0 Å². The third kappa shape index (κ3) is 11.2. The summed E-state index contributed by atoms with van der Waals surface area (Å²) in [4.78, 5) is 45.9. The molecule has 0 atom stereocenters. The number of hydrogen-bond donors (Lipinski definition) is 0. The van der Waals surface area contributed by atoms with E-state index in [1.807, 2.05) is 24.3 Å². The van der Waals surface area contributed by atoms with Crippen molar-refractivity contribution in [2.24, 2.45) is 0 Å². The van der Waals surface area contributed by atoms with E-state index in [0.717, 1.165) is 19.3 Å². The van der Waals surface area contributed by atoms with Gasteiger partial charge in [-0.05, 0) is 30.7 Å².